The summed E-state index contributed by atoms with van der Waals surface area (Å²) < 4.78 is 11.2. The first-order chi connectivity index (χ1) is 11.9. The molecule has 0 aliphatic heterocycles. The minimum Gasteiger partial charge on any atom is -0.465 e. The topological polar surface area (TPSA) is 113 Å². The molecule has 1 atom stereocenters. The molecule has 1 unspecified atom stereocenters. The van der Waals surface area contributed by atoms with Crippen molar-refractivity contribution in [2.24, 2.45) is 0 Å². The molecule has 0 aliphatic carbocycles. The summed E-state index contributed by atoms with van der Waals surface area (Å²) in [6.07, 6.45) is -0.0918. The molecule has 0 spiro atoms. The molecule has 1 N–H and O–H groups in total. The fourth-order valence-electron chi connectivity index (χ4n) is 2.09. The molecule has 9 nitrogen and oxygen atoms in total. The van der Waals surface area contributed by atoms with E-state index in [9.17, 15) is 19.5 Å². The molecule has 0 radical (unpaired) electrons. The fourth-order valence-corrected chi connectivity index (χ4v) is 2.28. The second-order valence-corrected chi connectivity index (χ2v) is 5.37. The van der Waals surface area contributed by atoms with Crippen molar-refractivity contribution in [1.29, 1.82) is 0 Å². The van der Waals surface area contributed by atoms with Gasteiger partial charge in [0.1, 0.15) is 6.20 Å². The van der Waals surface area contributed by atoms with Gasteiger partial charge in [-0.25, -0.2) is 9.59 Å². The molecule has 0 aliphatic rings. The van der Waals surface area contributed by atoms with Crippen LogP contribution in [0.4, 0.5) is 0 Å². The van der Waals surface area contributed by atoms with Crippen molar-refractivity contribution in [2.45, 2.75) is 19.3 Å². The van der Waals surface area contributed by atoms with Crippen molar-refractivity contribution in [2.75, 3.05) is 14.2 Å². The van der Waals surface area contributed by atoms with Crippen molar-refractivity contribution in [3.8, 4) is 5.69 Å². The third-order valence-corrected chi connectivity index (χ3v) is 3.76. The highest BCUT2D eigenvalue weighted by Gasteiger charge is 2.15. The van der Waals surface area contributed by atoms with Crippen LogP contribution >= 0.6 is 11.6 Å². The number of hydrogen-bond acceptors (Lipinski definition) is 7. The number of aliphatic hydroxyl groups is 1. The number of carbonyl (C=O) groups is 1. The van der Waals surface area contributed by atoms with Gasteiger partial charge in [0.15, 0.2) is 6.29 Å². The van der Waals surface area contributed by atoms with E-state index in [1.54, 1.807) is 0 Å². The number of aromatic nitrogens is 3. The van der Waals surface area contributed by atoms with Crippen LogP contribution in [0.2, 0.25) is 5.02 Å². The molecular formula is C15H16ClN3O6. The fraction of sp³-hybridized carbons (Fsp3) is 0.333. The van der Waals surface area contributed by atoms with Gasteiger partial charge < -0.3 is 14.6 Å². The average Bonchev–Trinajstić information content (AvgIpc) is 2.61. The molecule has 0 amide bonds. The largest absolute Gasteiger partial charge is 0.465 e. The Morgan fingerprint density at radius 2 is 2.08 bits per heavy atom. The number of methoxy groups -OCH3 is 2. The predicted octanol–water partition coefficient (Wildman–Crippen LogP) is 0.189. The molecular weight excluding hydrogens is 354 g/mol. The lowest BCUT2D eigenvalue weighted by Gasteiger charge is -2.12. The van der Waals surface area contributed by atoms with Gasteiger partial charge in [-0.1, -0.05) is 11.6 Å². The smallest absolute Gasteiger partial charge is 0.352 e. The highest BCUT2D eigenvalue weighted by molar-refractivity contribution is 6.33. The first-order valence-corrected chi connectivity index (χ1v) is 7.55. The lowest BCUT2D eigenvalue weighted by atomic mass is 10.2. The van der Waals surface area contributed by atoms with Crippen molar-refractivity contribution >= 4 is 17.6 Å². The molecule has 0 fully saturated rings. The minimum absolute atomic E-state index is 0.0453. The first-order valence-electron chi connectivity index (χ1n) is 7.17. The third kappa shape index (κ3) is 4.13. The second kappa shape index (κ2) is 8.06. The zero-order valence-electron chi connectivity index (χ0n) is 13.5. The van der Waals surface area contributed by atoms with Gasteiger partial charge in [0, 0.05) is 20.1 Å². The van der Waals surface area contributed by atoms with E-state index < -0.39 is 23.5 Å². The summed E-state index contributed by atoms with van der Waals surface area (Å²) >= 11 is 5.95. The Bertz CT molecular complexity index is 892. The van der Waals surface area contributed by atoms with E-state index in [1.165, 1.54) is 32.4 Å². The van der Waals surface area contributed by atoms with Gasteiger partial charge in [0.2, 0.25) is 0 Å². The highest BCUT2D eigenvalue weighted by atomic mass is 35.5. The van der Waals surface area contributed by atoms with Crippen LogP contribution in [0.15, 0.2) is 34.0 Å². The Hall–Kier alpha value is -2.49. The summed E-state index contributed by atoms with van der Waals surface area (Å²) in [7, 11) is 2.51. The van der Waals surface area contributed by atoms with Crippen molar-refractivity contribution in [3.63, 3.8) is 0 Å². The van der Waals surface area contributed by atoms with E-state index in [2.05, 4.69) is 14.6 Å². The van der Waals surface area contributed by atoms with Gasteiger partial charge in [-0.15, -0.1) is 0 Å². The molecule has 2 aromatic rings. The number of rotatable bonds is 6. The number of aliphatic hydroxyl groups excluding tert-OH is 1. The summed E-state index contributed by atoms with van der Waals surface area (Å²) in [5.74, 6) is -0.670. The summed E-state index contributed by atoms with van der Waals surface area (Å²) in [4.78, 5) is 36.1. The maximum Gasteiger partial charge on any atom is 0.352 e. The Labute approximate surface area is 147 Å². The number of benzene rings is 1. The quantitative estimate of drug-likeness (QED) is 0.571. The molecule has 1 heterocycles. The maximum absolute atomic E-state index is 12.5. The lowest BCUT2D eigenvalue weighted by Crippen LogP contribution is -2.40. The van der Waals surface area contributed by atoms with Crippen LogP contribution in [0, 0.1) is 0 Å². The number of halogens is 1. The molecule has 1 aromatic heterocycles. The van der Waals surface area contributed by atoms with Crippen LogP contribution in [0.5, 0.6) is 0 Å². The number of hydrogen-bond donors (Lipinski definition) is 1. The predicted molar refractivity (Wildman–Crippen MR) is 88.1 cm³/mol. The van der Waals surface area contributed by atoms with E-state index in [0.717, 1.165) is 15.4 Å². The normalized spacial score (nSPS) is 12.0. The Balaban J connectivity index is 2.49. The molecule has 0 saturated carbocycles. The van der Waals surface area contributed by atoms with Gasteiger partial charge in [0.25, 0.3) is 5.56 Å². The van der Waals surface area contributed by atoms with E-state index in [1.807, 2.05) is 0 Å². The Kier molecular flexibility index (Phi) is 6.07. The molecule has 25 heavy (non-hydrogen) atoms. The standard InChI is InChI=1S/C15H16ClN3O6/c1-24-13(21)5-6-18-12(20)8-17-19(15(18)23)9-3-4-11(16)10(7-9)14(22)25-2/h3-4,7-8,13,21H,5-6H2,1-2H3. The summed E-state index contributed by atoms with van der Waals surface area (Å²) in [6.45, 7) is -0.0629. The number of carbonyl (C=O) groups excluding carboxylic acids is 1. The zero-order valence-corrected chi connectivity index (χ0v) is 14.3. The number of nitrogens with zero attached hydrogens (tertiary/aromatic N) is 3. The average molecular weight is 370 g/mol. The summed E-state index contributed by atoms with van der Waals surface area (Å²) in [5, 5.41) is 13.4. The first kappa shape index (κ1) is 18.8. The van der Waals surface area contributed by atoms with Crippen LogP contribution < -0.4 is 11.2 Å². The van der Waals surface area contributed by atoms with E-state index in [4.69, 9.17) is 11.6 Å². The maximum atomic E-state index is 12.5. The number of esters is 1. The van der Waals surface area contributed by atoms with Gasteiger partial charge >= 0.3 is 11.7 Å². The van der Waals surface area contributed by atoms with E-state index in [0.29, 0.717) is 0 Å². The van der Waals surface area contributed by atoms with Crippen LogP contribution in [0.3, 0.4) is 0 Å². The third-order valence-electron chi connectivity index (χ3n) is 3.43. The van der Waals surface area contributed by atoms with E-state index >= 15 is 0 Å². The van der Waals surface area contributed by atoms with Crippen molar-refractivity contribution in [3.05, 3.63) is 55.8 Å². The van der Waals surface area contributed by atoms with E-state index in [-0.39, 0.29) is 29.2 Å². The molecule has 10 heteroatoms. The van der Waals surface area contributed by atoms with Gasteiger partial charge in [0.05, 0.1) is 23.4 Å². The molecule has 134 valence electrons. The van der Waals surface area contributed by atoms with Gasteiger partial charge in [-0.2, -0.15) is 9.78 Å². The van der Waals surface area contributed by atoms with Crippen LogP contribution in [0.25, 0.3) is 5.69 Å². The molecule has 0 bridgehead atoms. The van der Waals surface area contributed by atoms with Crippen molar-refractivity contribution in [1.82, 2.24) is 14.3 Å². The highest BCUT2D eigenvalue weighted by Crippen LogP contribution is 2.19. The van der Waals surface area contributed by atoms with Crippen LogP contribution in [-0.2, 0) is 16.0 Å². The van der Waals surface area contributed by atoms with Crippen LogP contribution in [-0.4, -0.2) is 45.9 Å². The van der Waals surface area contributed by atoms with Gasteiger partial charge in [-0.05, 0) is 18.2 Å². The molecule has 1 aromatic carbocycles. The van der Waals surface area contributed by atoms with Crippen molar-refractivity contribution < 1.29 is 19.4 Å². The summed E-state index contributed by atoms with van der Waals surface area (Å²) in [6, 6.07) is 4.23. The summed E-state index contributed by atoms with van der Waals surface area (Å²) in [5.41, 5.74) is -1.06. The Morgan fingerprint density at radius 1 is 1.36 bits per heavy atom. The SMILES string of the molecule is COC(=O)c1cc(-n2ncc(=O)n(CCC(O)OC)c2=O)ccc1Cl. The number of ether oxygens (including phenoxy) is 2. The minimum atomic E-state index is -1.10. The zero-order chi connectivity index (χ0) is 18.6. The van der Waals surface area contributed by atoms with Crippen LogP contribution in [0.1, 0.15) is 16.8 Å². The molecule has 0 saturated heterocycles. The monoisotopic (exact) mass is 369 g/mol. The second-order valence-electron chi connectivity index (χ2n) is 4.96. The molecule has 2 rings (SSSR count). The lowest BCUT2D eigenvalue weighted by molar-refractivity contribution is -0.0805. The van der Waals surface area contributed by atoms with Gasteiger partial charge in [-0.3, -0.25) is 9.36 Å². The Morgan fingerprint density at radius 3 is 2.72 bits per heavy atom.